The first-order valence-corrected chi connectivity index (χ1v) is 11.5. The summed E-state index contributed by atoms with van der Waals surface area (Å²) < 4.78 is 29.7. The summed E-state index contributed by atoms with van der Waals surface area (Å²) in [4.78, 5) is 1.65. The molecule has 1 N–H and O–H groups in total. The van der Waals surface area contributed by atoms with E-state index >= 15 is 0 Å². The maximum atomic E-state index is 6.19. The largest absolute Gasteiger partial charge is 0.381 e. The smallest absolute Gasteiger partial charge is 0.0961 e. The van der Waals surface area contributed by atoms with Gasteiger partial charge in [0.05, 0.1) is 50.2 Å². The summed E-state index contributed by atoms with van der Waals surface area (Å²) in [5, 5.41) is 0. The van der Waals surface area contributed by atoms with Gasteiger partial charge in [0.25, 0.3) is 0 Å². The van der Waals surface area contributed by atoms with Crippen LogP contribution in [0.5, 0.6) is 0 Å². The van der Waals surface area contributed by atoms with Crippen LogP contribution in [-0.2, 0) is 23.7 Å². The first-order valence-electron chi connectivity index (χ1n) is 11.5. The van der Waals surface area contributed by atoms with Crippen LogP contribution in [-0.4, -0.2) is 85.7 Å². The van der Waals surface area contributed by atoms with Crippen LogP contribution in [0.2, 0.25) is 0 Å². The Labute approximate surface area is 176 Å². The average molecular weight is 413 g/mol. The number of quaternary nitrogens is 1. The minimum atomic E-state index is 0.195. The van der Waals surface area contributed by atoms with Gasteiger partial charge in [-0.25, -0.2) is 0 Å². The Balaban J connectivity index is 1.63. The number of methoxy groups -OCH3 is 5. The topological polar surface area (TPSA) is 50.6 Å². The Morgan fingerprint density at radius 1 is 0.621 bits per heavy atom. The molecule has 0 aromatic heterocycles. The number of rotatable bonds is 5. The van der Waals surface area contributed by atoms with Crippen molar-refractivity contribution in [2.75, 3.05) is 49.1 Å². The SMILES string of the molecule is COC1CC2CC(OC)C3C4CCC(OC)C(OC)C4C[NH+](C)C3C2CC1OC. The summed E-state index contributed by atoms with van der Waals surface area (Å²) in [6.45, 7) is 1.16. The highest BCUT2D eigenvalue weighted by atomic mass is 16.5. The molecule has 0 bridgehead atoms. The first kappa shape index (κ1) is 22.0. The number of nitrogens with one attached hydrogen (secondary N) is 1. The Bertz CT molecular complexity index is 547. The molecule has 4 aliphatic rings. The van der Waals surface area contributed by atoms with E-state index in [-0.39, 0.29) is 24.4 Å². The molecule has 0 amide bonds. The van der Waals surface area contributed by atoms with E-state index in [0.717, 1.165) is 32.2 Å². The van der Waals surface area contributed by atoms with Gasteiger partial charge in [0.1, 0.15) is 0 Å². The monoisotopic (exact) mass is 412 g/mol. The lowest BCUT2D eigenvalue weighted by Crippen LogP contribution is -3.18. The zero-order valence-electron chi connectivity index (χ0n) is 19.1. The van der Waals surface area contributed by atoms with Gasteiger partial charge in [-0.15, -0.1) is 0 Å². The second-order valence-electron chi connectivity index (χ2n) is 9.99. The summed E-state index contributed by atoms with van der Waals surface area (Å²) in [5.74, 6) is 3.14. The highest BCUT2D eigenvalue weighted by Crippen LogP contribution is 2.51. The normalized spacial score (nSPS) is 52.3. The third-order valence-corrected chi connectivity index (χ3v) is 9.13. The zero-order chi connectivity index (χ0) is 20.7. The summed E-state index contributed by atoms with van der Waals surface area (Å²) >= 11 is 0. The minimum Gasteiger partial charge on any atom is -0.381 e. The number of hydrogen-bond acceptors (Lipinski definition) is 5. The Morgan fingerprint density at radius 3 is 1.86 bits per heavy atom. The predicted octanol–water partition coefficient (Wildman–Crippen LogP) is 1.03. The van der Waals surface area contributed by atoms with Gasteiger partial charge in [0.2, 0.25) is 0 Å². The molecule has 0 aromatic carbocycles. The second kappa shape index (κ2) is 9.09. The summed E-state index contributed by atoms with van der Waals surface area (Å²) in [7, 11) is 11.7. The standard InChI is InChI=1S/C23H41NO5/c1-24-12-16-14(7-8-17(25-2)23(16)29-6)21-20(28-5)10-13-9-18(26-3)19(27-4)11-15(13)22(21)24/h13-23H,7-12H2,1-6H3/p+1. The van der Waals surface area contributed by atoms with Crippen LogP contribution in [0, 0.1) is 29.6 Å². The molecule has 1 saturated heterocycles. The van der Waals surface area contributed by atoms with Crippen LogP contribution in [0.3, 0.4) is 0 Å². The molecule has 4 rings (SSSR count). The molecule has 0 spiro atoms. The van der Waals surface area contributed by atoms with E-state index in [4.69, 9.17) is 23.7 Å². The van der Waals surface area contributed by atoms with Crippen LogP contribution in [0.1, 0.15) is 32.1 Å². The molecule has 0 radical (unpaired) electrons. The second-order valence-corrected chi connectivity index (χ2v) is 9.99. The molecular weight excluding hydrogens is 370 g/mol. The van der Waals surface area contributed by atoms with Gasteiger partial charge in [0, 0.05) is 53.3 Å². The van der Waals surface area contributed by atoms with Crippen LogP contribution < -0.4 is 4.90 Å². The van der Waals surface area contributed by atoms with Gasteiger partial charge in [-0.2, -0.15) is 0 Å². The van der Waals surface area contributed by atoms with Crippen molar-refractivity contribution < 1.29 is 28.6 Å². The average Bonchev–Trinajstić information content (AvgIpc) is 2.76. The molecule has 3 aliphatic carbocycles. The molecule has 6 nitrogen and oxygen atoms in total. The maximum absolute atomic E-state index is 6.19. The molecule has 12 unspecified atom stereocenters. The molecule has 12 atom stereocenters. The summed E-state index contributed by atoms with van der Waals surface area (Å²) in [6, 6.07) is 0.631. The fraction of sp³-hybridized carbons (Fsp3) is 1.00. The van der Waals surface area contributed by atoms with Crippen LogP contribution in [0.4, 0.5) is 0 Å². The molecule has 3 saturated carbocycles. The third kappa shape index (κ3) is 3.68. The predicted molar refractivity (Wildman–Crippen MR) is 110 cm³/mol. The van der Waals surface area contributed by atoms with E-state index in [1.165, 1.54) is 6.42 Å². The lowest BCUT2D eigenvalue weighted by Gasteiger charge is -2.59. The molecule has 1 heterocycles. The van der Waals surface area contributed by atoms with E-state index in [1.54, 1.807) is 4.90 Å². The molecule has 1 aliphatic heterocycles. The lowest BCUT2D eigenvalue weighted by atomic mass is 9.54. The van der Waals surface area contributed by atoms with Crippen molar-refractivity contribution in [3.8, 4) is 0 Å². The summed E-state index contributed by atoms with van der Waals surface area (Å²) in [6.07, 6.45) is 6.84. The number of fused-ring (bicyclic) bond motifs is 5. The van der Waals surface area contributed by atoms with Crippen LogP contribution in [0.15, 0.2) is 0 Å². The van der Waals surface area contributed by atoms with E-state index in [2.05, 4.69) is 7.05 Å². The number of ether oxygens (including phenoxy) is 5. The van der Waals surface area contributed by atoms with Gasteiger partial charge in [-0.05, 0) is 43.9 Å². The third-order valence-electron chi connectivity index (χ3n) is 9.13. The van der Waals surface area contributed by atoms with Crippen molar-refractivity contribution in [2.24, 2.45) is 29.6 Å². The van der Waals surface area contributed by atoms with Gasteiger partial charge < -0.3 is 28.6 Å². The van der Waals surface area contributed by atoms with Gasteiger partial charge in [0.15, 0.2) is 0 Å². The Kier molecular flexibility index (Phi) is 6.89. The minimum absolute atomic E-state index is 0.195. The van der Waals surface area contributed by atoms with Crippen molar-refractivity contribution >= 4 is 0 Å². The Hall–Kier alpha value is -0.240. The van der Waals surface area contributed by atoms with E-state index < -0.39 is 0 Å². The number of likely N-dealkylation sites (tertiary alicyclic amines) is 1. The number of piperidine rings is 1. The van der Waals surface area contributed by atoms with Crippen LogP contribution in [0.25, 0.3) is 0 Å². The van der Waals surface area contributed by atoms with E-state index in [0.29, 0.717) is 41.7 Å². The van der Waals surface area contributed by atoms with Crippen molar-refractivity contribution in [1.82, 2.24) is 0 Å². The fourth-order valence-electron chi connectivity index (χ4n) is 7.99. The van der Waals surface area contributed by atoms with Gasteiger partial charge >= 0.3 is 0 Å². The van der Waals surface area contributed by atoms with Crippen molar-refractivity contribution in [1.29, 1.82) is 0 Å². The molecular formula is C23H42NO5+. The lowest BCUT2D eigenvalue weighted by molar-refractivity contribution is -0.929. The van der Waals surface area contributed by atoms with E-state index in [9.17, 15) is 0 Å². The highest BCUT2D eigenvalue weighted by Gasteiger charge is 2.61. The van der Waals surface area contributed by atoms with Crippen molar-refractivity contribution in [3.05, 3.63) is 0 Å². The molecule has 168 valence electrons. The first-order chi connectivity index (χ1) is 14.1. The zero-order valence-corrected chi connectivity index (χ0v) is 19.1. The molecule has 0 aromatic rings. The van der Waals surface area contributed by atoms with Crippen molar-refractivity contribution in [3.63, 3.8) is 0 Å². The molecule has 29 heavy (non-hydrogen) atoms. The van der Waals surface area contributed by atoms with Gasteiger partial charge in [-0.3, -0.25) is 0 Å². The van der Waals surface area contributed by atoms with Gasteiger partial charge in [-0.1, -0.05) is 0 Å². The van der Waals surface area contributed by atoms with Crippen molar-refractivity contribution in [2.45, 2.75) is 68.7 Å². The molecule has 4 fully saturated rings. The van der Waals surface area contributed by atoms with E-state index in [1.807, 2.05) is 35.5 Å². The quantitative estimate of drug-likeness (QED) is 0.731. The highest BCUT2D eigenvalue weighted by molar-refractivity contribution is 5.05. The Morgan fingerprint density at radius 2 is 1.24 bits per heavy atom. The number of hydrogen-bond donors (Lipinski definition) is 1. The fourth-order valence-corrected chi connectivity index (χ4v) is 7.99. The molecule has 6 heteroatoms. The van der Waals surface area contributed by atoms with Crippen LogP contribution >= 0.6 is 0 Å². The summed E-state index contributed by atoms with van der Waals surface area (Å²) in [5.41, 5.74) is 0. The maximum Gasteiger partial charge on any atom is 0.0961 e.